The van der Waals surface area contributed by atoms with Gasteiger partial charge < -0.3 is 46.0 Å². The molecule has 8 rings (SSSR count). The number of nitriles is 1. The first-order valence-electron chi connectivity index (χ1n) is 27.0. The van der Waals surface area contributed by atoms with E-state index in [2.05, 4.69) is 80.6 Å². The Hall–Kier alpha value is -4.21. The fourth-order valence-corrected chi connectivity index (χ4v) is 25.4. The van der Waals surface area contributed by atoms with Gasteiger partial charge in [0, 0.05) is 31.3 Å². The maximum absolute atomic E-state index is 16.2. The molecule has 5 aromatic rings. The number of carbonyl (C=O) groups is 1. The van der Waals surface area contributed by atoms with Crippen molar-refractivity contribution in [3.05, 3.63) is 77.2 Å². The molecule has 23 nitrogen and oxygen atoms in total. The van der Waals surface area contributed by atoms with Gasteiger partial charge in [0.05, 0.1) is 50.5 Å². The van der Waals surface area contributed by atoms with E-state index in [0.29, 0.717) is 5.56 Å². The second kappa shape index (κ2) is 24.2. The van der Waals surface area contributed by atoms with E-state index in [0.717, 1.165) is 0 Å². The highest BCUT2D eigenvalue weighted by Crippen LogP contribution is 2.59. The van der Waals surface area contributed by atoms with E-state index < -0.39 is 126 Å². The van der Waals surface area contributed by atoms with E-state index in [9.17, 15) is 24.3 Å². The monoisotopic (exact) mass is 1200 g/mol. The van der Waals surface area contributed by atoms with E-state index in [1.54, 1.807) is 30.3 Å². The number of carbonyl (C=O) groups excluding carboxylic acids is 1. The molecule has 0 spiro atoms. The normalized spacial score (nSPS) is 25.5. The lowest BCUT2D eigenvalue weighted by molar-refractivity contribution is -0.0593. The SMILES string of the molecule is CC(C)[Si]1(C(C)C)OC[C@H]2C[C@@H](n3cc(F)c4c(=O)n(C)cnc43)[C@H](OP(=O)(OCCC#N)OCC3O[C@@H](n4cnc5c(NC(=O)c6ccccc6)ncnc54)[C@H](O[Si](C)(C)C(C)(C)C)[C@@H]3O[PH](=O)O)[C@@H]2O[Si](C(C)C)(C(C)C)O1. The largest absolute Gasteiger partial charge is 0.475 e. The molecule has 2 saturated heterocycles. The fraction of sp³-hybridized carbons (Fsp3) is 0.627. The molecule has 29 heteroatoms. The first-order valence-corrected chi connectivity index (χ1v) is 36.6. The summed E-state index contributed by atoms with van der Waals surface area (Å²) in [6, 6.07) is 9.60. The molecule has 80 heavy (non-hydrogen) atoms. The first-order chi connectivity index (χ1) is 37.6. The van der Waals surface area contributed by atoms with Crippen molar-refractivity contribution < 1.29 is 63.4 Å². The Morgan fingerprint density at radius 1 is 0.963 bits per heavy atom. The van der Waals surface area contributed by atoms with Crippen molar-refractivity contribution >= 4 is 75.4 Å². The third-order valence-electron chi connectivity index (χ3n) is 16.1. The number of aryl methyl sites for hydroxylation is 1. The fourth-order valence-electron chi connectivity index (χ4n) is 10.9. The number of imidazole rings is 1. The van der Waals surface area contributed by atoms with Gasteiger partial charge in [-0.05, 0) is 58.9 Å². The second-order valence-corrected chi connectivity index (χ2v) is 39.5. The predicted octanol–water partition coefficient (Wildman–Crippen LogP) is 9.98. The molecule has 1 saturated carbocycles. The van der Waals surface area contributed by atoms with Crippen molar-refractivity contribution in [3.8, 4) is 6.07 Å². The molecule has 0 radical (unpaired) electrons. The van der Waals surface area contributed by atoms with Crippen LogP contribution >= 0.6 is 16.1 Å². The molecule has 4 aromatic heterocycles. The second-order valence-electron chi connectivity index (χ2n) is 23.5. The van der Waals surface area contributed by atoms with Crippen LogP contribution in [0.5, 0.6) is 0 Å². The Morgan fingerprint density at radius 2 is 1.64 bits per heavy atom. The van der Waals surface area contributed by atoms with Gasteiger partial charge in [0.1, 0.15) is 36.1 Å². The minimum atomic E-state index is -4.99. The minimum absolute atomic E-state index is 0.00828. The highest BCUT2D eigenvalue weighted by atomic mass is 31.2. The predicted molar refractivity (Wildman–Crippen MR) is 302 cm³/mol. The van der Waals surface area contributed by atoms with E-state index in [-0.39, 0.29) is 69.6 Å². The average Bonchev–Trinajstić information content (AvgIpc) is 4.34. The van der Waals surface area contributed by atoms with Crippen LogP contribution in [0.25, 0.3) is 22.2 Å². The Morgan fingerprint density at radius 3 is 2.26 bits per heavy atom. The lowest BCUT2D eigenvalue weighted by atomic mass is 10.1. The number of hydrogen-bond acceptors (Lipinski definition) is 18. The lowest BCUT2D eigenvalue weighted by Crippen LogP contribution is -2.65. The first kappa shape index (κ1) is 61.9. The molecule has 3 aliphatic rings. The third-order valence-corrected chi connectivity index (χ3v) is 32.7. The summed E-state index contributed by atoms with van der Waals surface area (Å²) in [4.78, 5) is 55.4. The standard InChI is InChI=1S/C51H76FN9O14P2Si3/c1-30(2)79(31(3)4)69-25-35-23-37(60-24-36(52)39-46(60)57-28-59(12)49(39)63)42(41(35)74-80(75-79,32(5)6)33(7)8)72-77(66,67-22-18-21-53)68-26-38-43(71-76(64)65)44(73-78(13,14)51(9,10)11)50(70-38)61-29-56-40-45(54-27-55-47(40)61)58-48(62)34-19-16-15-17-20-34/h15-17,19-20,24,27-33,35,37-38,41-44,50,76H,18,22-23,25-26H2,1-14H3,(H,64,65)(H,54,55,58,62)/t35-,37-,38?,41-,42+,43-,44-,50-,77?/m1/s1. The third kappa shape index (κ3) is 12.1. The Kier molecular flexibility index (Phi) is 18.7. The summed E-state index contributed by atoms with van der Waals surface area (Å²) < 4.78 is 110. The molecule has 2 N–H and O–H groups in total. The highest BCUT2D eigenvalue weighted by molar-refractivity contribution is 7.48. The molecule has 0 bridgehead atoms. The average molecular weight is 1200 g/mol. The molecule has 6 heterocycles. The van der Waals surface area contributed by atoms with Crippen molar-refractivity contribution in [3.63, 3.8) is 0 Å². The van der Waals surface area contributed by atoms with Crippen molar-refractivity contribution in [1.82, 2.24) is 33.6 Å². The van der Waals surface area contributed by atoms with Crippen LogP contribution in [0.1, 0.15) is 112 Å². The number of fused-ring (bicyclic) bond motifs is 3. The van der Waals surface area contributed by atoms with Crippen molar-refractivity contribution in [2.24, 2.45) is 13.0 Å². The molecule has 10 atom stereocenters. The number of benzene rings is 1. The van der Waals surface area contributed by atoms with E-state index in [1.807, 2.05) is 39.9 Å². The van der Waals surface area contributed by atoms with Crippen LogP contribution < -0.4 is 10.9 Å². The molecule has 1 aromatic carbocycles. The van der Waals surface area contributed by atoms with E-state index >= 15 is 8.96 Å². The van der Waals surface area contributed by atoms with Gasteiger partial charge in [-0.15, -0.1) is 0 Å². The van der Waals surface area contributed by atoms with Gasteiger partial charge in [-0.3, -0.25) is 32.3 Å². The van der Waals surface area contributed by atoms with Crippen molar-refractivity contribution in [2.75, 3.05) is 25.1 Å². The summed E-state index contributed by atoms with van der Waals surface area (Å²) in [7, 11) is -16.7. The van der Waals surface area contributed by atoms with Gasteiger partial charge in [0.15, 0.2) is 43.0 Å². The van der Waals surface area contributed by atoms with E-state index in [1.165, 1.54) is 45.9 Å². The van der Waals surface area contributed by atoms with Gasteiger partial charge in [0.2, 0.25) is 0 Å². The number of nitrogens with one attached hydrogen (secondary N) is 1. The van der Waals surface area contributed by atoms with Crippen LogP contribution in [-0.4, -0.2) is 120 Å². The number of rotatable bonds is 20. The number of anilines is 1. The Bertz CT molecular complexity index is 3190. The number of phosphoric ester groups is 1. The molecule has 3 unspecified atom stereocenters. The number of ether oxygens (including phenoxy) is 1. The molecule has 1 aliphatic carbocycles. The van der Waals surface area contributed by atoms with Gasteiger partial charge >= 0.3 is 33.2 Å². The number of hydrogen-bond donors (Lipinski definition) is 2. The maximum atomic E-state index is 16.2. The molecule has 2 aliphatic heterocycles. The van der Waals surface area contributed by atoms with Gasteiger partial charge in [-0.2, -0.15) is 5.26 Å². The number of amides is 1. The van der Waals surface area contributed by atoms with Gasteiger partial charge in [-0.1, -0.05) is 94.4 Å². The number of halogens is 1. The van der Waals surface area contributed by atoms with Gasteiger partial charge in [-0.25, -0.2) is 28.9 Å². The number of aromatic nitrogens is 7. The van der Waals surface area contributed by atoms with Crippen LogP contribution in [0.4, 0.5) is 10.2 Å². The summed E-state index contributed by atoms with van der Waals surface area (Å²) >= 11 is 0. The summed E-state index contributed by atoms with van der Waals surface area (Å²) in [6.45, 7) is 25.7. The topological polar surface area (TPSA) is 274 Å². The zero-order chi connectivity index (χ0) is 58.4. The zero-order valence-electron chi connectivity index (χ0n) is 47.8. The maximum Gasteiger partial charge on any atom is 0.475 e. The lowest BCUT2D eigenvalue weighted by Gasteiger charge is -2.52. The summed E-state index contributed by atoms with van der Waals surface area (Å²) in [5.74, 6) is -1.67. The van der Waals surface area contributed by atoms with Crippen LogP contribution in [0, 0.1) is 23.1 Å². The molecule has 438 valence electrons. The highest BCUT2D eigenvalue weighted by Gasteiger charge is 2.63. The Balaban J connectivity index is 1.21. The van der Waals surface area contributed by atoms with Crippen molar-refractivity contribution in [1.29, 1.82) is 5.26 Å². The van der Waals surface area contributed by atoms with Crippen LogP contribution in [0.2, 0.25) is 40.3 Å². The summed E-state index contributed by atoms with van der Waals surface area (Å²) in [5.41, 5.74) is -0.128. The quantitative estimate of drug-likeness (QED) is 0.0416. The van der Waals surface area contributed by atoms with Crippen LogP contribution in [-0.2, 0) is 56.4 Å². The number of phosphoric acid groups is 1. The molecular formula is C51H76FN9O14P2Si3. The Labute approximate surface area is 469 Å². The van der Waals surface area contributed by atoms with E-state index in [4.69, 9.17) is 40.2 Å². The molecular weight excluding hydrogens is 1130 g/mol. The minimum Gasteiger partial charge on any atom is -0.414 e. The summed E-state index contributed by atoms with van der Waals surface area (Å²) in [6.07, 6.45) is -2.30. The summed E-state index contributed by atoms with van der Waals surface area (Å²) in [5, 5.41) is 11.9. The smallest absolute Gasteiger partial charge is 0.414 e. The zero-order valence-corrected chi connectivity index (χ0v) is 52.7. The molecule has 1 amide bonds. The van der Waals surface area contributed by atoms with Crippen molar-refractivity contribution in [2.45, 2.75) is 172 Å². The van der Waals surface area contributed by atoms with Gasteiger partial charge in [0.25, 0.3) is 11.5 Å². The van der Waals surface area contributed by atoms with Crippen LogP contribution in [0.15, 0.2) is 60.3 Å². The van der Waals surface area contributed by atoms with Crippen LogP contribution in [0.3, 0.4) is 0 Å². The number of nitrogens with zero attached hydrogens (tertiary/aromatic N) is 8. The molecule has 3 fully saturated rings.